The zero-order valence-corrected chi connectivity index (χ0v) is 18.8. The summed E-state index contributed by atoms with van der Waals surface area (Å²) < 4.78 is 25.5. The van der Waals surface area contributed by atoms with Crippen LogP contribution in [0.4, 0.5) is 10.1 Å². The van der Waals surface area contributed by atoms with E-state index in [0.717, 1.165) is 58.2 Å². The van der Waals surface area contributed by atoms with Gasteiger partial charge < -0.3 is 24.6 Å². The molecule has 32 heavy (non-hydrogen) atoms. The number of nitrogens with one attached hydrogen (secondary N) is 1. The Labute approximate surface area is 190 Å². The Kier molecular flexibility index (Phi) is 7.96. The van der Waals surface area contributed by atoms with E-state index in [1.807, 2.05) is 19.2 Å². The Morgan fingerprint density at radius 2 is 1.72 bits per heavy atom. The number of rotatable bonds is 6. The summed E-state index contributed by atoms with van der Waals surface area (Å²) in [4.78, 5) is 8.78. The van der Waals surface area contributed by atoms with E-state index in [4.69, 9.17) is 9.47 Å². The van der Waals surface area contributed by atoms with Gasteiger partial charge in [0.05, 0.1) is 18.4 Å². The number of aliphatic imine (C=N–C) groups is 1. The lowest BCUT2D eigenvalue weighted by Crippen LogP contribution is -2.52. The number of nitrogens with zero attached hydrogens (tertiary/aromatic N) is 3. The van der Waals surface area contributed by atoms with Crippen molar-refractivity contribution in [1.82, 2.24) is 10.2 Å². The summed E-state index contributed by atoms with van der Waals surface area (Å²) in [7, 11) is 1.81. The van der Waals surface area contributed by atoms with Gasteiger partial charge >= 0.3 is 0 Å². The molecule has 0 aromatic heterocycles. The van der Waals surface area contributed by atoms with Gasteiger partial charge in [-0.1, -0.05) is 36.4 Å². The number of hydrogen-bond acceptors (Lipinski definition) is 4. The van der Waals surface area contributed by atoms with Crippen LogP contribution in [0.15, 0.2) is 53.5 Å². The third-order valence-corrected chi connectivity index (χ3v) is 6.11. The van der Waals surface area contributed by atoms with E-state index in [1.165, 1.54) is 17.2 Å². The summed E-state index contributed by atoms with van der Waals surface area (Å²) >= 11 is 0. The summed E-state index contributed by atoms with van der Waals surface area (Å²) in [6.07, 6.45) is 2.28. The SMILES string of the molecule is CN=C(NCc1ccc(COC2CCOCC2)cc1)N1CCN(c2ccccc2F)CC1. The topological polar surface area (TPSA) is 49.3 Å². The average molecular weight is 441 g/mol. The van der Waals surface area contributed by atoms with Crippen molar-refractivity contribution in [3.05, 3.63) is 65.5 Å². The molecule has 2 aliphatic heterocycles. The van der Waals surface area contributed by atoms with Crippen LogP contribution < -0.4 is 10.2 Å². The molecule has 2 aliphatic rings. The van der Waals surface area contributed by atoms with Crippen LogP contribution in [-0.4, -0.2) is 63.4 Å². The number of halogens is 1. The van der Waals surface area contributed by atoms with Crippen LogP contribution in [0.25, 0.3) is 0 Å². The van der Waals surface area contributed by atoms with Gasteiger partial charge in [-0.15, -0.1) is 0 Å². The number of anilines is 1. The molecule has 0 unspecified atom stereocenters. The molecule has 0 amide bonds. The Morgan fingerprint density at radius 1 is 1.03 bits per heavy atom. The van der Waals surface area contributed by atoms with Gasteiger partial charge in [0.25, 0.3) is 0 Å². The van der Waals surface area contributed by atoms with Crippen LogP contribution in [0.2, 0.25) is 0 Å². The number of hydrogen-bond donors (Lipinski definition) is 1. The lowest BCUT2D eigenvalue weighted by atomic mass is 10.1. The third-order valence-electron chi connectivity index (χ3n) is 6.11. The normalized spacial score (nSPS) is 18.1. The number of para-hydroxylation sites is 1. The van der Waals surface area contributed by atoms with Gasteiger partial charge in [0, 0.05) is 53.0 Å². The maximum Gasteiger partial charge on any atom is 0.194 e. The van der Waals surface area contributed by atoms with E-state index in [0.29, 0.717) is 24.9 Å². The Bertz CT molecular complexity index is 876. The third kappa shape index (κ3) is 5.99. The van der Waals surface area contributed by atoms with Gasteiger partial charge in [-0.2, -0.15) is 0 Å². The van der Waals surface area contributed by atoms with Crippen LogP contribution in [0.3, 0.4) is 0 Å². The summed E-state index contributed by atoms with van der Waals surface area (Å²) in [5.74, 6) is 0.718. The Balaban J connectivity index is 1.23. The standard InChI is InChI=1S/C25H33FN4O2/c1-27-25(30-14-12-29(13-15-30)24-5-3-2-4-23(24)26)28-18-20-6-8-21(9-7-20)19-32-22-10-16-31-17-11-22/h2-9,22H,10-19H2,1H3,(H,27,28). The molecule has 0 aliphatic carbocycles. The molecule has 2 aromatic carbocycles. The molecule has 0 atom stereocenters. The zero-order chi connectivity index (χ0) is 22.2. The summed E-state index contributed by atoms with van der Waals surface area (Å²) in [6.45, 7) is 6.09. The van der Waals surface area contributed by atoms with Gasteiger partial charge in [-0.25, -0.2) is 4.39 Å². The van der Waals surface area contributed by atoms with E-state index < -0.39 is 0 Å². The van der Waals surface area contributed by atoms with Gasteiger partial charge in [-0.3, -0.25) is 4.99 Å². The maximum atomic E-state index is 14.1. The van der Waals surface area contributed by atoms with Gasteiger partial charge in [-0.05, 0) is 36.1 Å². The fourth-order valence-corrected chi connectivity index (χ4v) is 4.19. The second kappa shape index (κ2) is 11.3. The number of benzene rings is 2. The second-order valence-electron chi connectivity index (χ2n) is 8.27. The van der Waals surface area contributed by atoms with E-state index in [2.05, 4.69) is 44.4 Å². The fourth-order valence-electron chi connectivity index (χ4n) is 4.19. The minimum atomic E-state index is -0.162. The minimum Gasteiger partial charge on any atom is -0.381 e. The Morgan fingerprint density at radius 3 is 2.41 bits per heavy atom. The highest BCUT2D eigenvalue weighted by atomic mass is 19.1. The molecule has 0 spiro atoms. The predicted molar refractivity (Wildman–Crippen MR) is 125 cm³/mol. The fraction of sp³-hybridized carbons (Fsp3) is 0.480. The molecule has 2 aromatic rings. The highest BCUT2D eigenvalue weighted by Gasteiger charge is 2.21. The largest absolute Gasteiger partial charge is 0.381 e. The molecule has 172 valence electrons. The van der Waals surface area contributed by atoms with Crippen molar-refractivity contribution in [3.63, 3.8) is 0 Å². The van der Waals surface area contributed by atoms with Crippen LogP contribution in [0.1, 0.15) is 24.0 Å². The lowest BCUT2D eigenvalue weighted by Gasteiger charge is -2.37. The van der Waals surface area contributed by atoms with Crippen molar-refractivity contribution in [2.45, 2.75) is 32.1 Å². The maximum absolute atomic E-state index is 14.1. The molecule has 2 saturated heterocycles. The summed E-state index contributed by atoms with van der Waals surface area (Å²) in [5.41, 5.74) is 3.07. The van der Waals surface area contributed by atoms with Crippen molar-refractivity contribution in [2.75, 3.05) is 51.3 Å². The molecule has 2 heterocycles. The van der Waals surface area contributed by atoms with Crippen LogP contribution >= 0.6 is 0 Å². The van der Waals surface area contributed by atoms with E-state index in [-0.39, 0.29) is 5.82 Å². The van der Waals surface area contributed by atoms with Crippen molar-refractivity contribution < 1.29 is 13.9 Å². The molecule has 6 nitrogen and oxygen atoms in total. The minimum absolute atomic E-state index is 0.162. The first-order chi connectivity index (χ1) is 15.7. The first-order valence-corrected chi connectivity index (χ1v) is 11.4. The first-order valence-electron chi connectivity index (χ1n) is 11.4. The zero-order valence-electron chi connectivity index (χ0n) is 18.8. The quantitative estimate of drug-likeness (QED) is 0.551. The molecule has 0 radical (unpaired) electrons. The molecule has 7 heteroatoms. The number of guanidine groups is 1. The molecule has 2 fully saturated rings. The second-order valence-corrected chi connectivity index (χ2v) is 8.27. The van der Waals surface area contributed by atoms with Crippen molar-refractivity contribution in [2.24, 2.45) is 4.99 Å². The average Bonchev–Trinajstić information content (AvgIpc) is 2.85. The van der Waals surface area contributed by atoms with E-state index in [9.17, 15) is 4.39 Å². The first kappa shape index (κ1) is 22.6. The van der Waals surface area contributed by atoms with Crippen molar-refractivity contribution in [3.8, 4) is 0 Å². The highest BCUT2D eigenvalue weighted by Crippen LogP contribution is 2.20. The van der Waals surface area contributed by atoms with Crippen molar-refractivity contribution in [1.29, 1.82) is 0 Å². The van der Waals surface area contributed by atoms with E-state index >= 15 is 0 Å². The Hall–Kier alpha value is -2.64. The molecule has 0 saturated carbocycles. The van der Waals surface area contributed by atoms with Crippen LogP contribution in [0, 0.1) is 5.82 Å². The van der Waals surface area contributed by atoms with Gasteiger partial charge in [0.15, 0.2) is 5.96 Å². The van der Waals surface area contributed by atoms with Crippen molar-refractivity contribution >= 4 is 11.6 Å². The molecule has 4 rings (SSSR count). The predicted octanol–water partition coefficient (Wildman–Crippen LogP) is 3.42. The molecule has 1 N–H and O–H groups in total. The van der Waals surface area contributed by atoms with Crippen LogP contribution in [-0.2, 0) is 22.6 Å². The highest BCUT2D eigenvalue weighted by molar-refractivity contribution is 5.80. The summed E-state index contributed by atoms with van der Waals surface area (Å²) in [6, 6.07) is 15.5. The lowest BCUT2D eigenvalue weighted by molar-refractivity contribution is -0.0390. The molecule has 0 bridgehead atoms. The van der Waals surface area contributed by atoms with Gasteiger partial charge in [0.1, 0.15) is 5.82 Å². The van der Waals surface area contributed by atoms with Crippen LogP contribution in [0.5, 0.6) is 0 Å². The number of piperazine rings is 1. The molecular weight excluding hydrogens is 407 g/mol. The smallest absolute Gasteiger partial charge is 0.194 e. The number of ether oxygens (including phenoxy) is 2. The van der Waals surface area contributed by atoms with Gasteiger partial charge in [0.2, 0.25) is 0 Å². The summed E-state index contributed by atoms with van der Waals surface area (Å²) in [5, 5.41) is 3.46. The van der Waals surface area contributed by atoms with E-state index in [1.54, 1.807) is 6.07 Å². The molecular formula is C25H33FN4O2. The monoisotopic (exact) mass is 440 g/mol.